The van der Waals surface area contributed by atoms with Crippen LogP contribution < -0.4 is 15.6 Å². The van der Waals surface area contributed by atoms with E-state index < -0.39 is 115 Å². The maximum absolute atomic E-state index is 15.4. The van der Waals surface area contributed by atoms with Gasteiger partial charge >= 0.3 is 0 Å². The van der Waals surface area contributed by atoms with E-state index in [0.717, 1.165) is 45.4 Å². The molecule has 2 aliphatic carbocycles. The molecule has 1 amide bonds. The summed E-state index contributed by atoms with van der Waals surface area (Å²) in [6.45, 7) is -1.10. The van der Waals surface area contributed by atoms with Crippen LogP contribution in [0.4, 0.5) is 43.8 Å². The van der Waals surface area contributed by atoms with Gasteiger partial charge in [0.05, 0.1) is 45.3 Å². The van der Waals surface area contributed by atoms with Crippen molar-refractivity contribution in [1.29, 1.82) is 0 Å². The number of benzene rings is 2. The lowest BCUT2D eigenvalue weighted by Crippen LogP contribution is -2.38. The average Bonchev–Trinajstić information content (AvgIpc) is 3.40. The highest BCUT2D eigenvalue weighted by Crippen LogP contribution is 2.68. The van der Waals surface area contributed by atoms with Gasteiger partial charge in [0.2, 0.25) is 15.9 Å². The summed E-state index contributed by atoms with van der Waals surface area (Å²) < 4.78 is 160. The summed E-state index contributed by atoms with van der Waals surface area (Å²) in [5.41, 5.74) is -4.36. The molecule has 4 heterocycles. The van der Waals surface area contributed by atoms with Crippen LogP contribution in [0.3, 0.4) is 0 Å². The van der Waals surface area contributed by atoms with Gasteiger partial charge in [-0.15, -0.1) is 11.7 Å². The minimum Gasteiger partial charge on any atom is -0.344 e. The van der Waals surface area contributed by atoms with Crippen LogP contribution in [0.15, 0.2) is 52.3 Å². The van der Waals surface area contributed by atoms with E-state index in [1.165, 1.54) is 19.2 Å². The van der Waals surface area contributed by atoms with Crippen molar-refractivity contribution in [2.45, 2.75) is 48.7 Å². The van der Waals surface area contributed by atoms with Crippen molar-refractivity contribution in [2.24, 2.45) is 20.0 Å². The molecule has 8 rings (SSSR count). The van der Waals surface area contributed by atoms with Gasteiger partial charge in [-0.2, -0.15) is 24.1 Å². The lowest BCUT2D eigenvalue weighted by Gasteiger charge is -2.24. The molecule has 1 saturated carbocycles. The first-order valence-corrected chi connectivity index (χ1v) is 21.3. The van der Waals surface area contributed by atoms with Crippen molar-refractivity contribution in [3.8, 4) is 17.1 Å². The summed E-state index contributed by atoms with van der Waals surface area (Å²) in [7, 11) is -1.50. The van der Waals surface area contributed by atoms with Crippen molar-refractivity contribution in [1.82, 2.24) is 44.2 Å². The number of aromatic nitrogens is 8. The summed E-state index contributed by atoms with van der Waals surface area (Å²) in [4.78, 5) is 33.0. The number of anilines is 1. The Bertz CT molecular complexity index is 2970. The van der Waals surface area contributed by atoms with Crippen molar-refractivity contribution < 1.29 is 51.2 Å². The molecule has 4 aromatic heterocycles. The van der Waals surface area contributed by atoms with E-state index in [-0.39, 0.29) is 50.7 Å². The zero-order chi connectivity index (χ0) is 44.2. The van der Waals surface area contributed by atoms with Gasteiger partial charge in [0.25, 0.3) is 29.1 Å². The topological polar surface area (TPSA) is 164 Å². The second kappa shape index (κ2) is 14.5. The number of alkyl halides is 4. The van der Waals surface area contributed by atoms with Crippen LogP contribution in [-0.2, 0) is 47.8 Å². The molecule has 61 heavy (non-hydrogen) atoms. The number of nitrogens with zero attached hydrogens (tertiary/aromatic N) is 8. The van der Waals surface area contributed by atoms with Gasteiger partial charge in [-0.05, 0) is 42.2 Å². The summed E-state index contributed by atoms with van der Waals surface area (Å²) in [5, 5.41) is 12.4. The molecule has 26 heteroatoms. The predicted octanol–water partition coefficient (Wildman–Crippen LogP) is 7.08. The van der Waals surface area contributed by atoms with Gasteiger partial charge in [0.1, 0.15) is 35.4 Å². The molecule has 0 aliphatic heterocycles. The smallest absolute Gasteiger partial charge is 0.293 e. The molecule has 2 N–H and O–H groups in total. The van der Waals surface area contributed by atoms with E-state index in [0.29, 0.717) is 16.8 Å². The SMILES string of the molecule is Cn1nc(S(F)(F)F)cc1-c1cc(=O)n(-c2ccc(Cl)c3c(NS(C)(=O)=O)nn(C)c23)c([C@H](Cc2cc(F)cc(F)c2)NC(=O)Cn2nc(C(F)F)c3c2C(F)(F)[C@@H]2C[C@H]32)n1. The minimum atomic E-state index is -5.91. The van der Waals surface area contributed by atoms with Crippen molar-refractivity contribution in [2.75, 3.05) is 11.0 Å². The molecule has 0 radical (unpaired) electrons. The number of aryl methyl sites for hydroxylation is 2. The van der Waals surface area contributed by atoms with E-state index >= 15 is 8.78 Å². The number of nitrogens with one attached hydrogen (secondary N) is 2. The maximum atomic E-state index is 15.4. The summed E-state index contributed by atoms with van der Waals surface area (Å²) in [5.74, 6) is -9.96. The summed E-state index contributed by atoms with van der Waals surface area (Å²) in [6, 6.07) is 4.49. The Morgan fingerprint density at radius 2 is 1.69 bits per heavy atom. The van der Waals surface area contributed by atoms with Crippen LogP contribution in [0.1, 0.15) is 53.1 Å². The van der Waals surface area contributed by atoms with Gasteiger partial charge < -0.3 is 5.32 Å². The van der Waals surface area contributed by atoms with Crippen LogP contribution in [0, 0.1) is 17.6 Å². The second-order valence-electron chi connectivity index (χ2n) is 14.5. The van der Waals surface area contributed by atoms with E-state index in [1.54, 1.807) is 0 Å². The first-order chi connectivity index (χ1) is 28.4. The molecule has 2 aliphatic rings. The van der Waals surface area contributed by atoms with E-state index in [9.17, 15) is 47.2 Å². The summed E-state index contributed by atoms with van der Waals surface area (Å²) >= 11 is 0.610. The molecule has 0 spiro atoms. The molecular formula is C35H28ClF9N10O4S2. The highest BCUT2D eigenvalue weighted by molar-refractivity contribution is 8.20. The lowest BCUT2D eigenvalue weighted by atomic mass is 10.0. The van der Waals surface area contributed by atoms with Gasteiger partial charge in [-0.3, -0.25) is 32.9 Å². The molecule has 0 unspecified atom stereocenters. The van der Waals surface area contributed by atoms with Gasteiger partial charge in [-0.1, -0.05) is 11.6 Å². The molecule has 1 fully saturated rings. The Labute approximate surface area is 344 Å². The quantitative estimate of drug-likeness (QED) is 0.123. The maximum Gasteiger partial charge on any atom is 0.293 e. The van der Waals surface area contributed by atoms with E-state index in [4.69, 9.17) is 11.6 Å². The van der Waals surface area contributed by atoms with Gasteiger partial charge in [0.15, 0.2) is 10.8 Å². The normalized spacial score (nSPS) is 17.7. The van der Waals surface area contributed by atoms with Crippen LogP contribution in [0.25, 0.3) is 28.0 Å². The number of hydrogen-bond acceptors (Lipinski definition) is 8. The average molecular weight is 923 g/mol. The van der Waals surface area contributed by atoms with Crippen molar-refractivity contribution >= 4 is 55.4 Å². The molecule has 0 bridgehead atoms. The number of halogens is 10. The van der Waals surface area contributed by atoms with Gasteiger partial charge in [-0.25, -0.2) is 31.0 Å². The van der Waals surface area contributed by atoms with Crippen LogP contribution in [0.2, 0.25) is 5.02 Å². The predicted molar refractivity (Wildman–Crippen MR) is 202 cm³/mol. The molecule has 324 valence electrons. The minimum absolute atomic E-state index is 0.0330. The van der Waals surface area contributed by atoms with E-state index in [1.807, 2.05) is 0 Å². The van der Waals surface area contributed by atoms with E-state index in [2.05, 4.69) is 30.3 Å². The third-order valence-electron chi connectivity index (χ3n) is 10.2. The number of carbonyl (C=O) groups excluding carboxylic acids is 1. The second-order valence-corrected chi connectivity index (χ2v) is 17.9. The first-order valence-electron chi connectivity index (χ1n) is 17.7. The molecule has 0 saturated heterocycles. The number of hydrogen-bond donors (Lipinski definition) is 2. The number of carbonyl (C=O) groups is 1. The highest BCUT2D eigenvalue weighted by atomic mass is 35.5. The van der Waals surface area contributed by atoms with Crippen LogP contribution in [0.5, 0.6) is 0 Å². The third kappa shape index (κ3) is 7.59. The highest BCUT2D eigenvalue weighted by Gasteiger charge is 2.67. The summed E-state index contributed by atoms with van der Waals surface area (Å²) in [6.07, 6.45) is -3.14. The van der Waals surface area contributed by atoms with Crippen molar-refractivity contribution in [3.05, 3.63) is 97.8 Å². The number of fused-ring (bicyclic) bond motifs is 4. The first kappa shape index (κ1) is 42.1. The third-order valence-corrected chi connectivity index (χ3v) is 11.8. The number of sulfonamides is 1. The standard InChI is InChI=1S/C35H28ClF9N10O4S2/c1-52-23(12-25(48-52)61(43,44)45)20-11-26(57)55(22-5-4-19(36)28-30(22)53(2)50-33(28)51-60(3,58)59)34(47-20)21(8-14-6-15(37)9-16(38)7-14)46-24(56)13-54-31-27(29(49-54)32(39)40)17-10-18(17)35(31,41)42/h4-7,9,11-12,17-18,21,32H,8,10,13H2,1-3H3,(H,46,56)(H,50,51)/t17-,18+,21-/m0/s1. The molecule has 6 aromatic rings. The number of rotatable bonds is 12. The Kier molecular flexibility index (Phi) is 10.0. The Balaban J connectivity index is 1.34. The van der Waals surface area contributed by atoms with Gasteiger partial charge in [0, 0.05) is 50.2 Å². The van der Waals surface area contributed by atoms with Crippen LogP contribution in [-0.4, -0.2) is 59.5 Å². The Hall–Kier alpha value is -5.56. The number of amides is 1. The largest absolute Gasteiger partial charge is 0.344 e. The van der Waals surface area contributed by atoms with Crippen molar-refractivity contribution in [3.63, 3.8) is 0 Å². The van der Waals surface area contributed by atoms with Crippen LogP contribution >= 0.6 is 22.8 Å². The molecular weight excluding hydrogens is 895 g/mol. The fraction of sp³-hybridized carbons (Fsp3) is 0.314. The zero-order valence-electron chi connectivity index (χ0n) is 31.3. The Morgan fingerprint density at radius 3 is 2.31 bits per heavy atom. The zero-order valence-corrected chi connectivity index (χ0v) is 33.7. The monoisotopic (exact) mass is 922 g/mol. The molecule has 2 aromatic carbocycles. The Morgan fingerprint density at radius 1 is 1.00 bits per heavy atom. The molecule has 3 atom stereocenters. The lowest BCUT2D eigenvalue weighted by molar-refractivity contribution is -0.123. The fourth-order valence-corrected chi connectivity index (χ4v) is 9.01. The molecule has 14 nitrogen and oxygen atoms in total. The fourth-order valence-electron chi connectivity index (χ4n) is 7.81.